The minimum Gasteiger partial charge on any atom is -0.378 e. The van der Waals surface area contributed by atoms with Crippen molar-refractivity contribution in [2.75, 3.05) is 25.5 Å². The molecule has 152 valence electrons. The van der Waals surface area contributed by atoms with Crippen LogP contribution >= 0.6 is 0 Å². The van der Waals surface area contributed by atoms with Gasteiger partial charge in [0.1, 0.15) is 5.25 Å². The number of carbonyl (C=O) groups is 1. The molecule has 0 fully saturated rings. The van der Waals surface area contributed by atoms with E-state index in [2.05, 4.69) is 5.32 Å². The maximum absolute atomic E-state index is 13.3. The van der Waals surface area contributed by atoms with Crippen LogP contribution in [0.3, 0.4) is 0 Å². The molecule has 0 spiro atoms. The molecule has 2 rings (SSSR count). The summed E-state index contributed by atoms with van der Waals surface area (Å²) in [6.07, 6.45) is 0.372. The highest BCUT2D eigenvalue weighted by Gasteiger charge is 2.29. The van der Waals surface area contributed by atoms with Crippen LogP contribution in [0.15, 0.2) is 53.4 Å². The van der Waals surface area contributed by atoms with Gasteiger partial charge in [0.15, 0.2) is 9.84 Å². The molecular weight excluding hydrogens is 372 g/mol. The van der Waals surface area contributed by atoms with Crippen molar-refractivity contribution in [3.63, 3.8) is 0 Å². The van der Waals surface area contributed by atoms with Crippen molar-refractivity contribution < 1.29 is 13.2 Å². The molecule has 0 unspecified atom stereocenters. The van der Waals surface area contributed by atoms with Crippen LogP contribution in [0.4, 0.5) is 5.69 Å². The maximum Gasteiger partial charge on any atom is 0.220 e. The van der Waals surface area contributed by atoms with Gasteiger partial charge >= 0.3 is 0 Å². The van der Waals surface area contributed by atoms with Gasteiger partial charge in [-0.1, -0.05) is 43.7 Å². The highest BCUT2D eigenvalue weighted by atomic mass is 32.2. The summed E-state index contributed by atoms with van der Waals surface area (Å²) >= 11 is 0. The molecule has 0 heterocycles. The van der Waals surface area contributed by atoms with Gasteiger partial charge in [-0.25, -0.2) is 8.42 Å². The van der Waals surface area contributed by atoms with E-state index in [4.69, 9.17) is 0 Å². The van der Waals surface area contributed by atoms with E-state index in [1.54, 1.807) is 24.3 Å². The van der Waals surface area contributed by atoms with Crippen LogP contribution in [-0.4, -0.2) is 35.0 Å². The second kappa shape index (κ2) is 9.24. The predicted molar refractivity (Wildman–Crippen MR) is 114 cm³/mol. The lowest BCUT2D eigenvalue weighted by Gasteiger charge is -2.21. The molecule has 2 aromatic rings. The quantitative estimate of drug-likeness (QED) is 0.730. The minimum atomic E-state index is -3.66. The lowest BCUT2D eigenvalue weighted by Crippen LogP contribution is -2.32. The highest BCUT2D eigenvalue weighted by Crippen LogP contribution is 2.30. The van der Waals surface area contributed by atoms with Gasteiger partial charge in [-0.2, -0.15) is 0 Å². The van der Waals surface area contributed by atoms with Crippen molar-refractivity contribution in [1.82, 2.24) is 5.32 Å². The largest absolute Gasteiger partial charge is 0.378 e. The molecule has 0 saturated carbocycles. The Morgan fingerprint density at radius 1 is 1.00 bits per heavy atom. The first-order valence-electron chi connectivity index (χ1n) is 9.46. The Morgan fingerprint density at radius 2 is 1.57 bits per heavy atom. The maximum atomic E-state index is 13.3. The van der Waals surface area contributed by atoms with E-state index in [1.165, 1.54) is 0 Å². The first-order chi connectivity index (χ1) is 13.1. The fourth-order valence-corrected chi connectivity index (χ4v) is 4.60. The zero-order chi connectivity index (χ0) is 20.9. The molecular formula is C22H30N2O3S. The monoisotopic (exact) mass is 402 g/mol. The van der Waals surface area contributed by atoms with Crippen LogP contribution in [0.2, 0.25) is 0 Å². The Bertz CT molecular complexity index is 886. The third-order valence-corrected chi connectivity index (χ3v) is 6.70. The van der Waals surface area contributed by atoms with Gasteiger partial charge in [-0.05, 0) is 42.7 Å². The molecule has 0 aliphatic rings. The number of hydrogen-bond donors (Lipinski definition) is 1. The van der Waals surface area contributed by atoms with Crippen LogP contribution in [0.5, 0.6) is 0 Å². The molecule has 0 aliphatic heterocycles. The summed E-state index contributed by atoms with van der Waals surface area (Å²) in [5.41, 5.74) is 2.64. The summed E-state index contributed by atoms with van der Waals surface area (Å²) in [4.78, 5) is 14.3. The number of benzene rings is 2. The van der Waals surface area contributed by atoms with Crippen LogP contribution < -0.4 is 10.2 Å². The third kappa shape index (κ3) is 5.58. The smallest absolute Gasteiger partial charge is 0.220 e. The number of amides is 1. The summed E-state index contributed by atoms with van der Waals surface area (Å²) in [6.45, 7) is 5.88. The summed E-state index contributed by atoms with van der Waals surface area (Å²) in [7, 11) is 0.208. The third-order valence-electron chi connectivity index (χ3n) is 4.58. The van der Waals surface area contributed by atoms with Crippen LogP contribution in [0.1, 0.15) is 36.6 Å². The molecule has 5 nitrogen and oxygen atoms in total. The average molecular weight is 403 g/mol. The number of nitrogens with one attached hydrogen (secondary N) is 1. The zero-order valence-corrected chi connectivity index (χ0v) is 18.1. The van der Waals surface area contributed by atoms with Gasteiger partial charge in [0, 0.05) is 32.7 Å². The fraction of sp³-hybridized carbons (Fsp3) is 0.409. The number of anilines is 1. The van der Waals surface area contributed by atoms with Crippen molar-refractivity contribution in [3.05, 3.63) is 59.7 Å². The van der Waals surface area contributed by atoms with E-state index in [0.717, 1.165) is 11.3 Å². The minimum absolute atomic E-state index is 0.0447. The van der Waals surface area contributed by atoms with Gasteiger partial charge < -0.3 is 10.2 Å². The normalized spacial score (nSPS) is 12.6. The van der Waals surface area contributed by atoms with Crippen molar-refractivity contribution in [2.24, 2.45) is 5.92 Å². The van der Waals surface area contributed by atoms with Crippen molar-refractivity contribution in [3.8, 4) is 0 Å². The van der Waals surface area contributed by atoms with Crippen molar-refractivity contribution in [1.29, 1.82) is 0 Å². The lowest BCUT2D eigenvalue weighted by atomic mass is 10.1. The summed E-state index contributed by atoms with van der Waals surface area (Å²) < 4.78 is 26.7. The van der Waals surface area contributed by atoms with E-state index < -0.39 is 15.1 Å². The van der Waals surface area contributed by atoms with Crippen LogP contribution in [0.25, 0.3) is 0 Å². The Kier molecular flexibility index (Phi) is 7.24. The molecule has 0 aromatic heterocycles. The number of carbonyl (C=O) groups excluding carboxylic acids is 1. The van der Waals surface area contributed by atoms with Crippen LogP contribution in [0, 0.1) is 12.8 Å². The predicted octanol–water partition coefficient (Wildman–Crippen LogP) is 3.74. The fourth-order valence-electron chi connectivity index (χ4n) is 2.94. The van der Waals surface area contributed by atoms with Crippen molar-refractivity contribution in [2.45, 2.75) is 37.3 Å². The summed E-state index contributed by atoms with van der Waals surface area (Å²) in [6, 6.07) is 14.3. The zero-order valence-electron chi connectivity index (χ0n) is 17.3. The average Bonchev–Trinajstić information content (AvgIpc) is 2.62. The number of aryl methyl sites for hydroxylation is 1. The second-order valence-corrected chi connectivity index (χ2v) is 9.87. The van der Waals surface area contributed by atoms with E-state index in [0.29, 0.717) is 12.0 Å². The van der Waals surface area contributed by atoms with Gasteiger partial charge in [0.05, 0.1) is 4.90 Å². The van der Waals surface area contributed by atoms with Crippen molar-refractivity contribution >= 4 is 21.4 Å². The molecule has 1 amide bonds. The first kappa shape index (κ1) is 22.0. The van der Waals surface area contributed by atoms with Gasteiger partial charge in [-0.15, -0.1) is 0 Å². The molecule has 28 heavy (non-hydrogen) atoms. The summed E-state index contributed by atoms with van der Waals surface area (Å²) in [5.74, 6) is 0.0792. The highest BCUT2D eigenvalue weighted by molar-refractivity contribution is 7.91. The first-order valence-corrected chi connectivity index (χ1v) is 11.0. The SMILES string of the molecule is Cc1ccc(S(=O)(=O)[C@@H](CNC(=O)CC(C)C)c2ccc(N(C)C)cc2)cc1. The second-order valence-electron chi connectivity index (χ2n) is 7.73. The van der Waals surface area contributed by atoms with Gasteiger partial charge in [0.2, 0.25) is 5.91 Å². The number of nitrogens with zero attached hydrogens (tertiary/aromatic N) is 1. The molecule has 0 bridgehead atoms. The van der Waals surface area contributed by atoms with E-state index in [9.17, 15) is 13.2 Å². The number of sulfone groups is 1. The Morgan fingerprint density at radius 3 is 2.07 bits per heavy atom. The number of hydrogen-bond acceptors (Lipinski definition) is 4. The van der Waals surface area contributed by atoms with E-state index in [1.807, 2.05) is 64.0 Å². The molecule has 0 radical (unpaired) electrons. The molecule has 0 saturated heterocycles. The van der Waals surface area contributed by atoms with Gasteiger partial charge in [-0.3, -0.25) is 4.79 Å². The Labute approximate surface area is 168 Å². The topological polar surface area (TPSA) is 66.5 Å². The van der Waals surface area contributed by atoms with Crippen LogP contribution in [-0.2, 0) is 14.6 Å². The van der Waals surface area contributed by atoms with E-state index >= 15 is 0 Å². The summed E-state index contributed by atoms with van der Waals surface area (Å²) in [5, 5.41) is 1.96. The van der Waals surface area contributed by atoms with E-state index in [-0.39, 0.29) is 23.3 Å². The Hall–Kier alpha value is -2.34. The standard InChI is InChI=1S/C22H30N2O3S/c1-16(2)14-22(25)23-15-21(18-8-10-19(11-9-18)24(4)5)28(26,27)20-12-6-17(3)7-13-20/h6-13,16,21H,14-15H2,1-5H3,(H,23,25)/t21-/m0/s1. The molecule has 0 aliphatic carbocycles. The Balaban J connectivity index is 2.37. The lowest BCUT2D eigenvalue weighted by molar-refractivity contribution is -0.121. The molecule has 1 N–H and O–H groups in total. The molecule has 1 atom stereocenters. The van der Waals surface area contributed by atoms with Gasteiger partial charge in [0.25, 0.3) is 0 Å². The number of rotatable bonds is 8. The molecule has 6 heteroatoms. The molecule has 2 aromatic carbocycles.